The summed E-state index contributed by atoms with van der Waals surface area (Å²) >= 11 is 0. The number of rotatable bonds is 4. The van der Waals surface area contributed by atoms with Crippen molar-refractivity contribution in [1.29, 1.82) is 0 Å². The van der Waals surface area contributed by atoms with Gasteiger partial charge in [-0.3, -0.25) is 14.9 Å². The lowest BCUT2D eigenvalue weighted by atomic mass is 10.2. The van der Waals surface area contributed by atoms with Crippen molar-refractivity contribution in [2.24, 2.45) is 0 Å². The molecule has 1 fully saturated rings. The van der Waals surface area contributed by atoms with Crippen molar-refractivity contribution in [1.82, 2.24) is 9.97 Å². The summed E-state index contributed by atoms with van der Waals surface area (Å²) in [4.78, 5) is 33.1. The Kier molecular flexibility index (Phi) is 4.61. The third-order valence-corrected chi connectivity index (χ3v) is 3.79. The standard InChI is InChI=1S/C15H17N5O5/c1-9-13(18-14(21)11-3-4-12(25-11)20(22)23)10(2)17-15(16-9)19-5-7-24-8-6-19/h3-4H,5-8H2,1-2H3,(H,18,21). The summed E-state index contributed by atoms with van der Waals surface area (Å²) in [6.45, 7) is 6.19. The van der Waals surface area contributed by atoms with E-state index in [4.69, 9.17) is 9.15 Å². The Balaban J connectivity index is 1.79. The maximum Gasteiger partial charge on any atom is 0.433 e. The molecule has 10 nitrogen and oxygen atoms in total. The van der Waals surface area contributed by atoms with Crippen LogP contribution in [0.1, 0.15) is 21.9 Å². The lowest BCUT2D eigenvalue weighted by Gasteiger charge is -2.27. The van der Waals surface area contributed by atoms with Crippen molar-refractivity contribution < 1.29 is 18.9 Å². The van der Waals surface area contributed by atoms with Gasteiger partial charge in [0.05, 0.1) is 36.4 Å². The molecular formula is C15H17N5O5. The van der Waals surface area contributed by atoms with Gasteiger partial charge in [0.2, 0.25) is 5.95 Å². The Morgan fingerprint density at radius 3 is 2.44 bits per heavy atom. The van der Waals surface area contributed by atoms with Crippen molar-refractivity contribution in [3.05, 3.63) is 39.4 Å². The summed E-state index contributed by atoms with van der Waals surface area (Å²) in [5.41, 5.74) is 1.66. The highest BCUT2D eigenvalue weighted by Crippen LogP contribution is 2.23. The largest absolute Gasteiger partial charge is 0.433 e. The molecule has 0 aromatic carbocycles. The number of carbonyl (C=O) groups is 1. The normalized spacial score (nSPS) is 14.4. The topological polar surface area (TPSA) is 124 Å². The van der Waals surface area contributed by atoms with Gasteiger partial charge < -0.3 is 19.4 Å². The molecule has 132 valence electrons. The summed E-state index contributed by atoms with van der Waals surface area (Å²) in [6.07, 6.45) is 0. The predicted molar refractivity (Wildman–Crippen MR) is 87.9 cm³/mol. The molecule has 0 atom stereocenters. The number of hydrogen-bond acceptors (Lipinski definition) is 8. The van der Waals surface area contributed by atoms with Crippen molar-refractivity contribution >= 4 is 23.4 Å². The maximum atomic E-state index is 12.2. The molecule has 2 aromatic heterocycles. The number of anilines is 2. The minimum atomic E-state index is -0.701. The first kappa shape index (κ1) is 16.8. The molecule has 3 rings (SSSR count). The maximum absolute atomic E-state index is 12.2. The number of carbonyl (C=O) groups excluding carboxylic acids is 1. The van der Waals surface area contributed by atoms with Crippen LogP contribution in [0.2, 0.25) is 0 Å². The summed E-state index contributed by atoms with van der Waals surface area (Å²) in [5.74, 6) is -0.646. The van der Waals surface area contributed by atoms with Crippen molar-refractivity contribution in [2.45, 2.75) is 13.8 Å². The van der Waals surface area contributed by atoms with Crippen molar-refractivity contribution in [3.8, 4) is 0 Å². The summed E-state index contributed by atoms with van der Waals surface area (Å²) in [6, 6.07) is 2.38. The van der Waals surface area contributed by atoms with E-state index in [-0.39, 0.29) is 5.76 Å². The lowest BCUT2D eigenvalue weighted by Crippen LogP contribution is -2.37. The fourth-order valence-corrected chi connectivity index (χ4v) is 2.51. The summed E-state index contributed by atoms with van der Waals surface area (Å²) in [7, 11) is 0. The third-order valence-electron chi connectivity index (χ3n) is 3.79. The molecule has 1 aliphatic heterocycles. The van der Waals surface area contributed by atoms with E-state index in [0.29, 0.717) is 49.3 Å². The first-order valence-electron chi connectivity index (χ1n) is 7.69. The number of nitro groups is 1. The van der Waals surface area contributed by atoms with E-state index in [0.717, 1.165) is 6.07 Å². The zero-order chi connectivity index (χ0) is 18.0. The Hall–Kier alpha value is -3.01. The number of nitrogens with one attached hydrogen (secondary N) is 1. The van der Waals surface area contributed by atoms with Gasteiger partial charge >= 0.3 is 5.88 Å². The average Bonchev–Trinajstić information content (AvgIpc) is 3.09. The molecule has 1 amide bonds. The number of ether oxygens (including phenoxy) is 1. The zero-order valence-corrected chi connectivity index (χ0v) is 13.8. The smallest absolute Gasteiger partial charge is 0.395 e. The Labute approximate surface area is 143 Å². The second kappa shape index (κ2) is 6.85. The number of aryl methyl sites for hydroxylation is 2. The fourth-order valence-electron chi connectivity index (χ4n) is 2.51. The summed E-state index contributed by atoms with van der Waals surface area (Å²) < 4.78 is 10.2. The second-order valence-electron chi connectivity index (χ2n) is 5.52. The van der Waals surface area contributed by atoms with Crippen LogP contribution < -0.4 is 10.2 Å². The number of hydrogen-bond donors (Lipinski definition) is 1. The van der Waals surface area contributed by atoms with Gasteiger partial charge in [-0.15, -0.1) is 0 Å². The Bertz CT molecular complexity index is 789. The Morgan fingerprint density at radius 2 is 1.88 bits per heavy atom. The average molecular weight is 347 g/mol. The van der Waals surface area contributed by atoms with E-state index in [9.17, 15) is 14.9 Å². The molecule has 0 saturated carbocycles. The molecule has 0 radical (unpaired) electrons. The number of nitrogens with zero attached hydrogens (tertiary/aromatic N) is 4. The number of amides is 1. The van der Waals surface area contributed by atoms with E-state index >= 15 is 0 Å². The van der Waals surface area contributed by atoms with Gasteiger partial charge in [0.1, 0.15) is 4.92 Å². The first-order valence-corrected chi connectivity index (χ1v) is 7.69. The highest BCUT2D eigenvalue weighted by molar-refractivity contribution is 6.03. The molecule has 1 aliphatic rings. The Morgan fingerprint density at radius 1 is 1.24 bits per heavy atom. The number of aromatic nitrogens is 2. The SMILES string of the molecule is Cc1nc(N2CCOCC2)nc(C)c1NC(=O)c1ccc([N+](=O)[O-])o1. The van der Waals surface area contributed by atoms with E-state index < -0.39 is 16.7 Å². The lowest BCUT2D eigenvalue weighted by molar-refractivity contribution is -0.402. The van der Waals surface area contributed by atoms with Gasteiger partial charge in [0.25, 0.3) is 5.91 Å². The molecule has 2 aromatic rings. The van der Waals surface area contributed by atoms with Crippen LogP contribution in [0.25, 0.3) is 0 Å². The van der Waals surface area contributed by atoms with Crippen LogP contribution in [0.15, 0.2) is 16.5 Å². The fraction of sp³-hybridized carbons (Fsp3) is 0.400. The predicted octanol–water partition coefficient (Wildman–Crippen LogP) is 1.68. The minimum Gasteiger partial charge on any atom is -0.395 e. The minimum absolute atomic E-state index is 0.150. The van der Waals surface area contributed by atoms with Crippen LogP contribution >= 0.6 is 0 Å². The summed E-state index contributed by atoms with van der Waals surface area (Å²) in [5, 5.41) is 13.3. The van der Waals surface area contributed by atoms with Gasteiger partial charge in [-0.25, -0.2) is 9.97 Å². The zero-order valence-electron chi connectivity index (χ0n) is 13.8. The number of furan rings is 1. The van der Waals surface area contributed by atoms with Gasteiger partial charge in [-0.05, 0) is 19.9 Å². The molecule has 0 unspecified atom stereocenters. The van der Waals surface area contributed by atoms with Crippen LogP contribution in [0, 0.1) is 24.0 Å². The van der Waals surface area contributed by atoms with Gasteiger partial charge in [0.15, 0.2) is 5.76 Å². The molecule has 1 saturated heterocycles. The van der Waals surface area contributed by atoms with E-state index in [1.807, 2.05) is 4.90 Å². The van der Waals surface area contributed by atoms with Crippen LogP contribution in [0.5, 0.6) is 0 Å². The van der Waals surface area contributed by atoms with Crippen LogP contribution in [0.4, 0.5) is 17.5 Å². The van der Waals surface area contributed by atoms with Gasteiger partial charge in [-0.2, -0.15) is 0 Å². The molecule has 25 heavy (non-hydrogen) atoms. The number of morpholine rings is 1. The molecule has 3 heterocycles. The van der Waals surface area contributed by atoms with Gasteiger partial charge in [0, 0.05) is 13.1 Å². The van der Waals surface area contributed by atoms with E-state index in [1.54, 1.807) is 13.8 Å². The molecule has 0 bridgehead atoms. The third kappa shape index (κ3) is 3.58. The molecule has 10 heteroatoms. The van der Waals surface area contributed by atoms with E-state index in [2.05, 4.69) is 15.3 Å². The van der Waals surface area contributed by atoms with Crippen LogP contribution in [0.3, 0.4) is 0 Å². The highest BCUT2D eigenvalue weighted by atomic mass is 16.6. The highest BCUT2D eigenvalue weighted by Gasteiger charge is 2.21. The molecule has 1 N–H and O–H groups in total. The second-order valence-corrected chi connectivity index (χ2v) is 5.52. The van der Waals surface area contributed by atoms with Crippen molar-refractivity contribution in [3.63, 3.8) is 0 Å². The first-order chi connectivity index (χ1) is 12.0. The van der Waals surface area contributed by atoms with Crippen LogP contribution in [-0.4, -0.2) is 47.1 Å². The monoisotopic (exact) mass is 347 g/mol. The van der Waals surface area contributed by atoms with Crippen molar-refractivity contribution in [2.75, 3.05) is 36.5 Å². The molecule has 0 spiro atoms. The van der Waals surface area contributed by atoms with E-state index in [1.165, 1.54) is 6.07 Å². The molecular weight excluding hydrogens is 330 g/mol. The molecule has 0 aliphatic carbocycles. The quantitative estimate of drug-likeness (QED) is 0.654. The van der Waals surface area contributed by atoms with Crippen LogP contribution in [-0.2, 0) is 4.74 Å². The van der Waals surface area contributed by atoms with Gasteiger partial charge in [-0.1, -0.05) is 0 Å².